The normalized spacial score (nSPS) is 12.3. The lowest BCUT2D eigenvalue weighted by Crippen LogP contribution is -2.33. The van der Waals surface area contributed by atoms with Crippen LogP contribution in [-0.2, 0) is 4.79 Å². The minimum Gasteiger partial charge on any atom is -0.351 e. The fourth-order valence-corrected chi connectivity index (χ4v) is 0.604. The second-order valence-corrected chi connectivity index (χ2v) is 3.49. The zero-order chi connectivity index (χ0) is 8.85. The van der Waals surface area contributed by atoms with Gasteiger partial charge in [0.2, 0.25) is 5.91 Å². The van der Waals surface area contributed by atoms with E-state index >= 15 is 0 Å². The zero-order valence-electron chi connectivity index (χ0n) is 6.56. The van der Waals surface area contributed by atoms with Gasteiger partial charge in [0.1, 0.15) is 0 Å². The SMILES string of the molecule is C=C(Br)CNC(=O)C(C)CN. The van der Waals surface area contributed by atoms with Gasteiger partial charge in [0.25, 0.3) is 0 Å². The van der Waals surface area contributed by atoms with Crippen molar-refractivity contribution in [1.29, 1.82) is 0 Å². The van der Waals surface area contributed by atoms with Crippen LogP contribution < -0.4 is 11.1 Å². The molecule has 3 N–H and O–H groups in total. The Bertz CT molecular complexity index is 159. The summed E-state index contributed by atoms with van der Waals surface area (Å²) in [5.74, 6) is -0.157. The molecule has 1 unspecified atom stereocenters. The van der Waals surface area contributed by atoms with Crippen LogP contribution in [0.1, 0.15) is 6.92 Å². The highest BCUT2D eigenvalue weighted by Gasteiger charge is 2.08. The van der Waals surface area contributed by atoms with E-state index < -0.39 is 0 Å². The molecule has 0 radical (unpaired) electrons. The van der Waals surface area contributed by atoms with Crippen LogP contribution in [0.2, 0.25) is 0 Å². The molecular weight excluding hydrogens is 208 g/mol. The molecule has 0 aromatic heterocycles. The van der Waals surface area contributed by atoms with Gasteiger partial charge < -0.3 is 11.1 Å². The van der Waals surface area contributed by atoms with Crippen molar-refractivity contribution >= 4 is 21.8 Å². The molecule has 0 heterocycles. The van der Waals surface area contributed by atoms with Gasteiger partial charge in [-0.3, -0.25) is 4.79 Å². The number of nitrogens with two attached hydrogens (primary N) is 1. The van der Waals surface area contributed by atoms with Crippen molar-refractivity contribution in [3.05, 3.63) is 11.1 Å². The Kier molecular flexibility index (Phi) is 5.15. The second kappa shape index (κ2) is 5.32. The summed E-state index contributed by atoms with van der Waals surface area (Å²) in [6, 6.07) is 0. The molecule has 0 rings (SSSR count). The maximum absolute atomic E-state index is 11.0. The molecule has 0 saturated carbocycles. The molecule has 0 aromatic carbocycles. The Hall–Kier alpha value is -0.350. The lowest BCUT2D eigenvalue weighted by molar-refractivity contribution is -0.123. The number of carbonyl (C=O) groups is 1. The maximum atomic E-state index is 11.0. The van der Waals surface area contributed by atoms with Crippen molar-refractivity contribution in [1.82, 2.24) is 5.32 Å². The van der Waals surface area contributed by atoms with E-state index in [0.29, 0.717) is 13.1 Å². The van der Waals surface area contributed by atoms with Crippen molar-refractivity contribution in [3.63, 3.8) is 0 Å². The number of rotatable bonds is 4. The topological polar surface area (TPSA) is 55.1 Å². The Morgan fingerprint density at radius 3 is 2.73 bits per heavy atom. The lowest BCUT2D eigenvalue weighted by Gasteiger charge is -2.08. The van der Waals surface area contributed by atoms with Crippen molar-refractivity contribution in [2.75, 3.05) is 13.1 Å². The van der Waals surface area contributed by atoms with E-state index in [0.717, 1.165) is 4.48 Å². The molecule has 1 atom stereocenters. The summed E-state index contributed by atoms with van der Waals surface area (Å²) < 4.78 is 0.759. The fourth-order valence-electron chi connectivity index (χ4n) is 0.464. The van der Waals surface area contributed by atoms with Gasteiger partial charge in [-0.1, -0.05) is 29.4 Å². The molecule has 0 aliphatic carbocycles. The molecule has 0 aromatic rings. The number of hydrogen-bond donors (Lipinski definition) is 2. The average molecular weight is 221 g/mol. The molecule has 0 saturated heterocycles. The molecule has 11 heavy (non-hydrogen) atoms. The third-order valence-corrected chi connectivity index (χ3v) is 1.54. The quantitative estimate of drug-likeness (QED) is 0.730. The first-order valence-corrected chi connectivity index (χ1v) is 4.18. The van der Waals surface area contributed by atoms with Gasteiger partial charge in [-0.2, -0.15) is 0 Å². The van der Waals surface area contributed by atoms with E-state index in [-0.39, 0.29) is 11.8 Å². The third-order valence-electron chi connectivity index (χ3n) is 1.26. The van der Waals surface area contributed by atoms with Gasteiger partial charge in [0.15, 0.2) is 0 Å². The summed E-state index contributed by atoms with van der Waals surface area (Å²) in [7, 11) is 0. The minimum atomic E-state index is -0.123. The first-order valence-electron chi connectivity index (χ1n) is 3.39. The third kappa shape index (κ3) is 4.98. The average Bonchev–Trinajstić information content (AvgIpc) is 1.98. The van der Waals surface area contributed by atoms with Crippen LogP contribution in [0, 0.1) is 5.92 Å². The van der Waals surface area contributed by atoms with Crippen LogP contribution in [0.5, 0.6) is 0 Å². The molecule has 0 spiro atoms. The van der Waals surface area contributed by atoms with Crippen molar-refractivity contribution in [2.24, 2.45) is 11.7 Å². The monoisotopic (exact) mass is 220 g/mol. The van der Waals surface area contributed by atoms with Crippen molar-refractivity contribution in [2.45, 2.75) is 6.92 Å². The van der Waals surface area contributed by atoms with E-state index in [9.17, 15) is 4.79 Å². The Labute approximate surface area is 75.2 Å². The minimum absolute atomic E-state index is 0.0342. The number of carbonyl (C=O) groups excluding carboxylic acids is 1. The molecule has 1 amide bonds. The van der Waals surface area contributed by atoms with E-state index in [1.807, 2.05) is 0 Å². The van der Waals surface area contributed by atoms with E-state index in [1.165, 1.54) is 0 Å². The fraction of sp³-hybridized carbons (Fsp3) is 0.571. The summed E-state index contributed by atoms with van der Waals surface area (Å²) in [6.07, 6.45) is 0. The first kappa shape index (κ1) is 10.7. The summed E-state index contributed by atoms with van der Waals surface area (Å²) in [4.78, 5) is 11.0. The summed E-state index contributed by atoms with van der Waals surface area (Å²) in [6.45, 7) is 6.20. The van der Waals surface area contributed by atoms with Gasteiger partial charge in [-0.25, -0.2) is 0 Å². The molecule has 0 bridgehead atoms. The second-order valence-electron chi connectivity index (χ2n) is 2.37. The van der Waals surface area contributed by atoms with Crippen molar-refractivity contribution < 1.29 is 4.79 Å². The van der Waals surface area contributed by atoms with Gasteiger partial charge >= 0.3 is 0 Å². The van der Waals surface area contributed by atoms with E-state index in [1.54, 1.807) is 6.92 Å². The highest BCUT2D eigenvalue weighted by molar-refractivity contribution is 9.11. The number of hydrogen-bond acceptors (Lipinski definition) is 2. The number of nitrogens with one attached hydrogen (secondary N) is 1. The van der Waals surface area contributed by atoms with Crippen LogP contribution in [0.4, 0.5) is 0 Å². The van der Waals surface area contributed by atoms with Crippen LogP contribution in [0.15, 0.2) is 11.1 Å². The standard InChI is InChI=1S/C7H13BrN2O/c1-5(3-9)7(11)10-4-6(2)8/h5H,2-4,9H2,1H3,(H,10,11). The summed E-state index contributed by atoms with van der Waals surface area (Å²) in [5, 5.41) is 2.67. The van der Waals surface area contributed by atoms with Gasteiger partial charge in [0.05, 0.1) is 0 Å². The van der Waals surface area contributed by atoms with Crippen molar-refractivity contribution in [3.8, 4) is 0 Å². The smallest absolute Gasteiger partial charge is 0.224 e. The largest absolute Gasteiger partial charge is 0.351 e. The maximum Gasteiger partial charge on any atom is 0.224 e. The molecule has 0 aliphatic heterocycles. The zero-order valence-corrected chi connectivity index (χ0v) is 8.15. The Morgan fingerprint density at radius 2 is 2.36 bits per heavy atom. The summed E-state index contributed by atoms with van der Waals surface area (Å²) in [5.41, 5.74) is 5.28. The van der Waals surface area contributed by atoms with Crippen LogP contribution in [-0.4, -0.2) is 19.0 Å². The van der Waals surface area contributed by atoms with E-state index in [2.05, 4.69) is 27.8 Å². The number of halogens is 1. The summed E-state index contributed by atoms with van der Waals surface area (Å²) >= 11 is 3.13. The highest BCUT2D eigenvalue weighted by atomic mass is 79.9. The van der Waals surface area contributed by atoms with Crippen LogP contribution >= 0.6 is 15.9 Å². The highest BCUT2D eigenvalue weighted by Crippen LogP contribution is 1.98. The molecule has 0 fully saturated rings. The van der Waals surface area contributed by atoms with Crippen LogP contribution in [0.3, 0.4) is 0 Å². The first-order chi connectivity index (χ1) is 5.07. The molecule has 0 aliphatic rings. The molecule has 3 nitrogen and oxygen atoms in total. The van der Waals surface area contributed by atoms with E-state index in [4.69, 9.17) is 5.73 Å². The number of amides is 1. The predicted molar refractivity (Wildman–Crippen MR) is 49.3 cm³/mol. The van der Waals surface area contributed by atoms with Gasteiger partial charge in [0, 0.05) is 23.5 Å². The predicted octanol–water partition coefficient (Wildman–Crippen LogP) is 0.606. The molecular formula is C7H13BrN2O. The Morgan fingerprint density at radius 1 is 1.82 bits per heavy atom. The molecule has 4 heteroatoms. The molecule has 64 valence electrons. The van der Waals surface area contributed by atoms with Gasteiger partial charge in [-0.05, 0) is 0 Å². The van der Waals surface area contributed by atoms with Crippen LogP contribution in [0.25, 0.3) is 0 Å². The lowest BCUT2D eigenvalue weighted by atomic mass is 10.2. The van der Waals surface area contributed by atoms with Gasteiger partial charge in [-0.15, -0.1) is 0 Å². The Balaban J connectivity index is 3.60.